The summed E-state index contributed by atoms with van der Waals surface area (Å²) in [5, 5.41) is 77.9. The lowest BCUT2D eigenvalue weighted by Gasteiger charge is -2.70. The molecule has 13 nitrogen and oxygen atoms in total. The van der Waals surface area contributed by atoms with E-state index in [2.05, 4.69) is 67.5 Å². The van der Waals surface area contributed by atoms with Crippen LogP contribution in [0.25, 0.3) is 0 Å². The minimum atomic E-state index is -1.80. The zero-order valence-corrected chi connectivity index (χ0v) is 34.8. The average molecular weight is 793 g/mol. The fourth-order valence-electron chi connectivity index (χ4n) is 13.0. The van der Waals surface area contributed by atoms with Crippen molar-refractivity contribution >= 4 is 5.97 Å². The van der Waals surface area contributed by atoms with Crippen molar-refractivity contribution in [1.29, 1.82) is 0 Å². The van der Waals surface area contributed by atoms with E-state index in [1.54, 1.807) is 0 Å². The zero-order chi connectivity index (χ0) is 41.3. The van der Waals surface area contributed by atoms with Crippen LogP contribution in [-0.4, -0.2) is 129 Å². The molecule has 7 aliphatic rings. The Balaban J connectivity index is 1.20. The predicted octanol–water partition coefficient (Wildman–Crippen LogP) is 2.89. The zero-order valence-electron chi connectivity index (χ0n) is 34.8. The maximum absolute atomic E-state index is 12.8. The van der Waals surface area contributed by atoms with Gasteiger partial charge in [-0.1, -0.05) is 73.1 Å². The van der Waals surface area contributed by atoms with Gasteiger partial charge in [0.25, 0.3) is 0 Å². The second-order valence-corrected chi connectivity index (χ2v) is 20.8. The van der Waals surface area contributed by atoms with E-state index in [9.17, 15) is 40.5 Å². The van der Waals surface area contributed by atoms with Crippen LogP contribution >= 0.6 is 0 Å². The lowest BCUT2D eigenvalue weighted by atomic mass is 9.35. The summed E-state index contributed by atoms with van der Waals surface area (Å²) in [6, 6.07) is 0. The van der Waals surface area contributed by atoms with Crippen molar-refractivity contribution in [1.82, 2.24) is 0 Å². The second-order valence-electron chi connectivity index (χ2n) is 20.8. The molecule has 13 heteroatoms. The molecule has 0 aromatic heterocycles. The molecule has 0 aromatic rings. The van der Waals surface area contributed by atoms with Crippen LogP contribution < -0.4 is 0 Å². The molecule has 0 aromatic carbocycles. The number of allylic oxidation sites excluding steroid dienone is 3. The Morgan fingerprint density at radius 3 is 2.12 bits per heavy atom. The summed E-state index contributed by atoms with van der Waals surface area (Å²) in [4.78, 5) is 12.8. The molecule has 0 amide bonds. The number of rotatable bonds is 5. The molecule has 2 aliphatic heterocycles. The van der Waals surface area contributed by atoms with Crippen LogP contribution in [-0.2, 0) is 28.5 Å². The van der Waals surface area contributed by atoms with Gasteiger partial charge in [-0.15, -0.1) is 0 Å². The number of methoxy groups -OCH3 is 1. The Bertz CT molecular complexity index is 1590. The summed E-state index contributed by atoms with van der Waals surface area (Å²) in [6.45, 7) is 19.5. The van der Waals surface area contributed by atoms with Gasteiger partial charge >= 0.3 is 5.97 Å². The van der Waals surface area contributed by atoms with Crippen molar-refractivity contribution < 1.29 is 64.2 Å². The molecule has 2 saturated heterocycles. The molecule has 2 heterocycles. The summed E-state index contributed by atoms with van der Waals surface area (Å²) in [5.74, 6) is -0.946. The predicted molar refractivity (Wildman–Crippen MR) is 202 cm³/mol. The number of esters is 1. The van der Waals surface area contributed by atoms with Crippen LogP contribution in [0.1, 0.15) is 107 Å². The largest absolute Gasteiger partial charge is 0.467 e. The summed E-state index contributed by atoms with van der Waals surface area (Å²) in [5.41, 5.74) is 1.02. The highest BCUT2D eigenvalue weighted by Gasteiger charge is 2.70. The van der Waals surface area contributed by atoms with E-state index in [1.165, 1.54) is 18.1 Å². The Hall–Kier alpha value is -1.49. The van der Waals surface area contributed by atoms with Crippen molar-refractivity contribution in [2.24, 2.45) is 44.3 Å². The number of carbonyl (C=O) groups is 1. The Labute approximate surface area is 331 Å². The number of carbonyl (C=O) groups excluding carboxylic acids is 1. The second kappa shape index (κ2) is 14.0. The van der Waals surface area contributed by atoms with Crippen LogP contribution in [0.4, 0.5) is 0 Å². The first-order valence-electron chi connectivity index (χ1n) is 20.8. The van der Waals surface area contributed by atoms with Gasteiger partial charge < -0.3 is 59.4 Å². The molecule has 19 atom stereocenters. The van der Waals surface area contributed by atoms with Crippen molar-refractivity contribution in [3.63, 3.8) is 0 Å². The van der Waals surface area contributed by atoms with Crippen LogP contribution in [0, 0.1) is 44.3 Å². The molecular formula is C43H68O13. The van der Waals surface area contributed by atoms with Crippen molar-refractivity contribution in [3.05, 3.63) is 23.3 Å². The third kappa shape index (κ3) is 6.07. The van der Waals surface area contributed by atoms with E-state index >= 15 is 0 Å². The molecule has 0 spiro atoms. The minimum absolute atomic E-state index is 0.00412. The molecule has 5 fully saturated rings. The van der Waals surface area contributed by atoms with Gasteiger partial charge in [0.1, 0.15) is 36.6 Å². The quantitative estimate of drug-likeness (QED) is 0.158. The molecular weight excluding hydrogens is 724 g/mol. The van der Waals surface area contributed by atoms with Crippen LogP contribution in [0.5, 0.6) is 0 Å². The maximum atomic E-state index is 12.8. The van der Waals surface area contributed by atoms with E-state index in [1.807, 2.05) is 0 Å². The highest BCUT2D eigenvalue weighted by Crippen LogP contribution is 2.74. The van der Waals surface area contributed by atoms with Crippen LogP contribution in [0.3, 0.4) is 0 Å². The lowest BCUT2D eigenvalue weighted by Crippen LogP contribution is -2.69. The third-order valence-electron chi connectivity index (χ3n) is 16.9. The van der Waals surface area contributed by atoms with Gasteiger partial charge in [0, 0.05) is 17.3 Å². The van der Waals surface area contributed by atoms with E-state index in [0.717, 1.165) is 45.6 Å². The van der Waals surface area contributed by atoms with Crippen LogP contribution in [0.2, 0.25) is 0 Å². The molecule has 7 rings (SSSR count). The first-order valence-corrected chi connectivity index (χ1v) is 20.8. The smallest absolute Gasteiger partial charge is 0.337 e. The summed E-state index contributed by atoms with van der Waals surface area (Å²) >= 11 is 0. The normalized spacial score (nSPS) is 53.6. The van der Waals surface area contributed by atoms with Crippen molar-refractivity contribution in [3.8, 4) is 0 Å². The molecule has 5 aliphatic carbocycles. The van der Waals surface area contributed by atoms with Gasteiger partial charge in [-0.2, -0.15) is 0 Å². The van der Waals surface area contributed by atoms with E-state index in [4.69, 9.17) is 23.7 Å². The van der Waals surface area contributed by atoms with Gasteiger partial charge in [0.05, 0.1) is 31.5 Å². The van der Waals surface area contributed by atoms with Crippen molar-refractivity contribution in [2.75, 3.05) is 7.11 Å². The maximum Gasteiger partial charge on any atom is 0.337 e. The summed E-state index contributed by atoms with van der Waals surface area (Å²) in [6.07, 6.45) is -7.17. The van der Waals surface area contributed by atoms with E-state index in [0.29, 0.717) is 0 Å². The van der Waals surface area contributed by atoms with Gasteiger partial charge in [0.15, 0.2) is 18.7 Å². The first-order chi connectivity index (χ1) is 25.9. The van der Waals surface area contributed by atoms with Gasteiger partial charge in [0.2, 0.25) is 0 Å². The number of fused-ring (bicyclic) bond motifs is 6. The van der Waals surface area contributed by atoms with E-state index in [-0.39, 0.29) is 39.9 Å². The minimum Gasteiger partial charge on any atom is -0.467 e. The fourth-order valence-corrected chi connectivity index (χ4v) is 13.0. The lowest BCUT2D eigenvalue weighted by molar-refractivity contribution is -0.374. The summed E-state index contributed by atoms with van der Waals surface area (Å²) < 4.78 is 29.3. The van der Waals surface area contributed by atoms with E-state index < -0.39 is 96.5 Å². The first kappa shape index (κ1) is 42.6. The van der Waals surface area contributed by atoms with Crippen LogP contribution in [0.15, 0.2) is 23.3 Å². The summed E-state index contributed by atoms with van der Waals surface area (Å²) in [7, 11) is 1.13. The highest BCUT2D eigenvalue weighted by molar-refractivity contribution is 5.75. The molecule has 3 saturated carbocycles. The number of hydrogen-bond acceptors (Lipinski definition) is 13. The topological polar surface area (TPSA) is 205 Å². The molecule has 0 unspecified atom stereocenters. The monoisotopic (exact) mass is 792 g/mol. The number of aliphatic hydroxyl groups excluding tert-OH is 7. The number of aliphatic hydroxyl groups is 7. The highest BCUT2D eigenvalue weighted by atomic mass is 16.8. The van der Waals surface area contributed by atoms with Crippen molar-refractivity contribution in [2.45, 2.75) is 187 Å². The van der Waals surface area contributed by atoms with Gasteiger partial charge in [-0.05, 0) is 84.5 Å². The Kier molecular flexibility index (Phi) is 10.7. The third-order valence-corrected chi connectivity index (χ3v) is 16.9. The van der Waals surface area contributed by atoms with Gasteiger partial charge in [-0.25, -0.2) is 4.79 Å². The SMILES string of the molecule is COC(=O)[C@H]1O[C@@H](O[C@H]2C[C@@H](O)[C@]3(C)[C@H]4C=CC5=C6CC(C)(C)C[C@@H](O)[C@]6(C)CC[C@@]5(C)[C@]4(C)CC[C@H]3C2(C)C)[C@H](O[C@@H]2O[C@@H](C)[C@H](O)[C@@H](O)[C@H]2O)[C@@H](O)[C@@H]1O. The number of hydrogen-bond donors (Lipinski definition) is 7. The Morgan fingerprint density at radius 2 is 1.46 bits per heavy atom. The molecule has 0 radical (unpaired) electrons. The standard InChI is InChI=1S/C43H68O13/c1-20-28(46)29(47)32(50)36(53-20)56-34-31(49)30(48)33(35(51)52-10)55-37(34)54-27-17-25(44)43(9)23(39(27,4)5)13-14-42(8)24(43)12-11-21-22-18-38(2,3)19-26(45)40(22,6)15-16-41(21,42)7/h11-12,20,23-34,36-37,44-50H,13-19H2,1-10H3/t20-,23-,24-,25+,26+,27-,28-,29+,30-,31-,32+,33-,34+,36-,37+,40+,41+,42+,43-/m0/s1. The molecule has 56 heavy (non-hydrogen) atoms. The molecule has 7 N–H and O–H groups in total. The number of ether oxygens (including phenoxy) is 5. The molecule has 0 bridgehead atoms. The Morgan fingerprint density at radius 1 is 0.786 bits per heavy atom. The molecule has 318 valence electrons. The van der Waals surface area contributed by atoms with Gasteiger partial charge in [-0.3, -0.25) is 0 Å². The fraction of sp³-hybridized carbons (Fsp3) is 0.884. The average Bonchev–Trinajstić information content (AvgIpc) is 3.12.